The van der Waals surface area contributed by atoms with Gasteiger partial charge in [-0.2, -0.15) is 0 Å². The molecule has 0 aliphatic heterocycles. The minimum absolute atomic E-state index is 0. The maximum atomic E-state index is 11.7. The van der Waals surface area contributed by atoms with Crippen molar-refractivity contribution in [1.82, 2.24) is 0 Å². The first-order valence-electron chi connectivity index (χ1n) is 14.3. The second kappa shape index (κ2) is 44.6. The van der Waals surface area contributed by atoms with Crippen LogP contribution in [-0.2, 0) is 25.8 Å². The molecule has 3 nitrogen and oxygen atoms in total. The Hall–Kier alpha value is 0.573. The van der Waals surface area contributed by atoms with E-state index in [0.29, 0.717) is 0 Å². The first-order valence-corrected chi connectivity index (χ1v) is 16.9. The van der Waals surface area contributed by atoms with Crippen molar-refractivity contribution in [1.29, 1.82) is 0 Å². The SMILES string of the molecule is CCCC[N-]CCCC.CCCC[N-]CCCC.CCCC[N-]CCCC.[F][GeH2][c-]1cccc1.[Hf+4]. The largest absolute Gasteiger partial charge is 4.00 e. The molecule has 0 aliphatic rings. The number of rotatable bonds is 19. The van der Waals surface area contributed by atoms with Crippen LogP contribution in [0.5, 0.6) is 0 Å². The minimum Gasteiger partial charge on any atom is 4.00 e. The Morgan fingerprint density at radius 1 is 0.514 bits per heavy atom. The van der Waals surface area contributed by atoms with Crippen molar-refractivity contribution in [3.05, 3.63) is 40.2 Å². The summed E-state index contributed by atoms with van der Waals surface area (Å²) in [4.78, 5) is 0. The predicted octanol–water partition coefficient (Wildman–Crippen LogP) is 8.96. The number of unbranched alkanes of at least 4 members (excludes halogenated alkanes) is 6. The Kier molecular flexibility index (Phi) is 54.3. The van der Waals surface area contributed by atoms with Gasteiger partial charge in [-0.1, -0.05) is 119 Å². The maximum Gasteiger partial charge on any atom is 4.00 e. The van der Waals surface area contributed by atoms with Crippen molar-refractivity contribution in [2.45, 2.75) is 119 Å². The van der Waals surface area contributed by atoms with Crippen LogP contribution >= 0.6 is 0 Å². The van der Waals surface area contributed by atoms with E-state index in [1.54, 1.807) is 0 Å². The minimum atomic E-state index is -1.73. The fourth-order valence-electron chi connectivity index (χ4n) is 2.46. The van der Waals surface area contributed by atoms with Crippen LogP contribution in [0.3, 0.4) is 0 Å². The van der Waals surface area contributed by atoms with Gasteiger partial charge in [0.25, 0.3) is 0 Å². The second-order valence-electron chi connectivity index (χ2n) is 8.56. The van der Waals surface area contributed by atoms with Crippen LogP contribution in [0.4, 0.5) is 3.50 Å². The van der Waals surface area contributed by atoms with E-state index in [9.17, 15) is 3.50 Å². The van der Waals surface area contributed by atoms with E-state index < -0.39 is 15.9 Å². The Morgan fingerprint density at radius 3 is 0.886 bits per heavy atom. The van der Waals surface area contributed by atoms with Gasteiger partial charge in [-0.25, -0.2) is 0 Å². The van der Waals surface area contributed by atoms with E-state index in [-0.39, 0.29) is 25.8 Å². The fraction of sp³-hybridized carbons (Fsp3) is 0.828. The molecule has 0 aromatic heterocycles. The Labute approximate surface area is 246 Å². The van der Waals surface area contributed by atoms with E-state index in [0.717, 1.165) is 43.7 Å². The van der Waals surface area contributed by atoms with Gasteiger partial charge in [0.1, 0.15) is 0 Å². The first-order chi connectivity index (χ1) is 16.7. The zero-order valence-electron chi connectivity index (χ0n) is 24.5. The van der Waals surface area contributed by atoms with E-state index in [2.05, 4.69) is 57.5 Å². The van der Waals surface area contributed by atoms with E-state index in [4.69, 9.17) is 0 Å². The Balaban J connectivity index is -0.000000182. The summed E-state index contributed by atoms with van der Waals surface area (Å²) in [5.74, 6) is 0. The van der Waals surface area contributed by atoms with Gasteiger partial charge in [0.05, 0.1) is 0 Å². The molecule has 0 saturated heterocycles. The summed E-state index contributed by atoms with van der Waals surface area (Å²) in [6.45, 7) is 19.7. The molecule has 1 aromatic rings. The Bertz CT molecular complexity index is 357. The van der Waals surface area contributed by atoms with Gasteiger partial charge in [0, 0.05) is 0 Å². The van der Waals surface area contributed by atoms with Gasteiger partial charge in [-0.05, 0) is 0 Å². The molecule has 0 N–H and O–H groups in total. The van der Waals surface area contributed by atoms with Crippen LogP contribution in [0.15, 0.2) is 24.3 Å². The molecule has 1 rings (SSSR count). The monoisotopic (exact) mass is 723 g/mol. The molecule has 6 heteroatoms. The van der Waals surface area contributed by atoms with Crippen LogP contribution in [-0.4, -0.2) is 55.2 Å². The third kappa shape index (κ3) is 48.2. The van der Waals surface area contributed by atoms with E-state index in [1.807, 2.05) is 24.3 Å². The normalized spacial score (nSPS) is 9.91. The average molecular weight is 721 g/mol. The zero-order chi connectivity index (χ0) is 26.0. The van der Waals surface area contributed by atoms with Gasteiger partial charge < -0.3 is 16.0 Å². The van der Waals surface area contributed by atoms with Crippen molar-refractivity contribution in [3.63, 3.8) is 0 Å². The third-order valence-corrected chi connectivity index (χ3v) is 6.54. The van der Waals surface area contributed by atoms with Crippen molar-refractivity contribution >= 4 is 20.3 Å². The molecule has 0 atom stereocenters. The van der Waals surface area contributed by atoms with Crippen LogP contribution in [0.25, 0.3) is 16.0 Å². The van der Waals surface area contributed by atoms with Crippen molar-refractivity contribution < 1.29 is 29.3 Å². The molecular formula is C29H60FGeHfN3. The smallest absolute Gasteiger partial charge is 4.00 e. The van der Waals surface area contributed by atoms with Gasteiger partial charge >= 0.3 is 73.9 Å². The van der Waals surface area contributed by atoms with Crippen LogP contribution < -0.4 is 4.40 Å². The van der Waals surface area contributed by atoms with E-state index >= 15 is 0 Å². The molecule has 0 amide bonds. The van der Waals surface area contributed by atoms with Crippen molar-refractivity contribution in [2.24, 2.45) is 0 Å². The second-order valence-corrected chi connectivity index (χ2v) is 10.8. The predicted molar refractivity (Wildman–Crippen MR) is 160 cm³/mol. The van der Waals surface area contributed by atoms with Crippen molar-refractivity contribution in [3.8, 4) is 0 Å². The number of halogens is 1. The molecule has 0 heterocycles. The van der Waals surface area contributed by atoms with E-state index in [1.165, 1.54) is 77.0 Å². The standard InChI is InChI=1S/3C8H18N.C5H6FGe.Hf/c3*1-3-5-7-9-8-6-4-2;6-7-5-3-1-2-4-5;/h3*3-8H2,1-2H3;1-4H,7H2;/q4*-1;+4. The quantitative estimate of drug-likeness (QED) is 0.0779. The summed E-state index contributed by atoms with van der Waals surface area (Å²) < 4.78 is 12.7. The molecule has 35 heavy (non-hydrogen) atoms. The molecule has 0 radical (unpaired) electrons. The molecule has 0 saturated carbocycles. The zero-order valence-corrected chi connectivity index (χ0v) is 31.0. The average Bonchev–Trinajstić information content (AvgIpc) is 3.39. The summed E-state index contributed by atoms with van der Waals surface area (Å²) in [7, 11) is 0. The topological polar surface area (TPSA) is 42.3 Å². The van der Waals surface area contributed by atoms with Gasteiger partial charge in [0.2, 0.25) is 0 Å². The van der Waals surface area contributed by atoms with Crippen LogP contribution in [0.1, 0.15) is 119 Å². The molecule has 0 fully saturated rings. The summed E-state index contributed by atoms with van der Waals surface area (Å²) in [5, 5.41) is 13.1. The molecule has 0 spiro atoms. The maximum absolute atomic E-state index is 11.7. The van der Waals surface area contributed by atoms with Gasteiger partial charge in [-0.3, -0.25) is 0 Å². The fourth-order valence-corrected chi connectivity index (χ4v) is 3.40. The molecule has 0 aliphatic carbocycles. The molecular weight excluding hydrogens is 660 g/mol. The molecule has 1 aromatic carbocycles. The Morgan fingerprint density at radius 2 is 0.743 bits per heavy atom. The van der Waals surface area contributed by atoms with Crippen LogP contribution in [0.2, 0.25) is 0 Å². The van der Waals surface area contributed by atoms with Gasteiger partial charge in [0.15, 0.2) is 0 Å². The third-order valence-electron chi connectivity index (χ3n) is 4.90. The summed E-state index contributed by atoms with van der Waals surface area (Å²) in [5.41, 5.74) is 0. The molecule has 0 bridgehead atoms. The van der Waals surface area contributed by atoms with Crippen LogP contribution in [0, 0.1) is 0 Å². The number of hydrogen-bond acceptors (Lipinski definition) is 0. The number of hydrogen-bond donors (Lipinski definition) is 0. The first kappa shape index (κ1) is 42.7. The summed E-state index contributed by atoms with van der Waals surface area (Å²) in [6.07, 6.45) is 15.2. The van der Waals surface area contributed by atoms with Gasteiger partial charge in [-0.15, -0.1) is 39.3 Å². The number of nitrogens with zero attached hydrogens (tertiary/aromatic N) is 3. The van der Waals surface area contributed by atoms with Crippen molar-refractivity contribution in [2.75, 3.05) is 39.3 Å². The summed E-state index contributed by atoms with van der Waals surface area (Å²) >= 11 is -1.73. The molecule has 0 unspecified atom stereocenters. The summed E-state index contributed by atoms with van der Waals surface area (Å²) in [6, 6.07) is 7.44. The molecule has 206 valence electrons.